The molecule has 4 heterocycles. The van der Waals surface area contributed by atoms with Crippen LogP contribution in [0.4, 0.5) is 0 Å². The number of primary amides is 1. The Labute approximate surface area is 179 Å². The summed E-state index contributed by atoms with van der Waals surface area (Å²) in [5.74, 6) is 0.260. The molecule has 4 rings (SSSR count). The summed E-state index contributed by atoms with van der Waals surface area (Å²) in [5.41, 5.74) is 6.76. The number of H-pyrrole nitrogens is 1. The number of aromatic nitrogens is 2. The number of nitrogens with zero attached hydrogens (tertiary/aromatic N) is 3. The van der Waals surface area contributed by atoms with Crippen molar-refractivity contribution in [3.63, 3.8) is 0 Å². The molecule has 2 amide bonds. The van der Waals surface area contributed by atoms with Gasteiger partial charge in [0, 0.05) is 29.5 Å². The second-order valence-corrected chi connectivity index (χ2v) is 8.86. The predicted molar refractivity (Wildman–Crippen MR) is 115 cm³/mol. The highest BCUT2D eigenvalue weighted by Gasteiger charge is 2.32. The van der Waals surface area contributed by atoms with Crippen LogP contribution in [0, 0.1) is 5.92 Å². The van der Waals surface area contributed by atoms with Crippen LogP contribution >= 0.6 is 11.3 Å². The van der Waals surface area contributed by atoms with Crippen LogP contribution in [-0.4, -0.2) is 57.8 Å². The average molecular weight is 430 g/mol. The van der Waals surface area contributed by atoms with Gasteiger partial charge in [-0.1, -0.05) is 0 Å². The molecule has 0 radical (unpaired) electrons. The van der Waals surface area contributed by atoms with Crippen molar-refractivity contribution < 1.29 is 9.59 Å². The lowest BCUT2D eigenvalue weighted by molar-refractivity contribution is -0.137. The molecule has 2 aromatic heterocycles. The van der Waals surface area contributed by atoms with Gasteiger partial charge < -0.3 is 15.6 Å². The smallest absolute Gasteiger partial charge is 0.251 e. The van der Waals surface area contributed by atoms with E-state index in [9.17, 15) is 14.4 Å². The lowest BCUT2D eigenvalue weighted by Gasteiger charge is -2.37. The van der Waals surface area contributed by atoms with Crippen LogP contribution < -0.4 is 11.3 Å². The van der Waals surface area contributed by atoms with Gasteiger partial charge in [0.2, 0.25) is 11.8 Å². The highest BCUT2D eigenvalue weighted by atomic mass is 32.1. The lowest BCUT2D eigenvalue weighted by atomic mass is 9.96. The summed E-state index contributed by atoms with van der Waals surface area (Å²) >= 11 is 1.56. The fourth-order valence-corrected chi connectivity index (χ4v) is 5.01. The highest BCUT2D eigenvalue weighted by molar-refractivity contribution is 7.08. The van der Waals surface area contributed by atoms with Crippen molar-refractivity contribution in [2.24, 2.45) is 11.7 Å². The van der Waals surface area contributed by atoms with Crippen LogP contribution in [0.15, 0.2) is 27.7 Å². The summed E-state index contributed by atoms with van der Waals surface area (Å²) < 4.78 is 0. The highest BCUT2D eigenvalue weighted by Crippen LogP contribution is 2.30. The van der Waals surface area contributed by atoms with E-state index < -0.39 is 0 Å². The number of hydrogen-bond donors (Lipinski definition) is 2. The Morgan fingerprint density at radius 2 is 2.00 bits per heavy atom. The SMILES string of the molecule is NC(=O)C1CCN(CC(=O)N2CCCC[C@H]2c2nc(-c3ccsc3)cc(=O)[nH]2)CC1. The molecule has 2 aliphatic heterocycles. The van der Waals surface area contributed by atoms with E-state index in [0.717, 1.165) is 24.8 Å². The normalized spacial score (nSPS) is 20.9. The number of hydrogen-bond acceptors (Lipinski definition) is 6. The fraction of sp³-hybridized carbons (Fsp3) is 0.524. The summed E-state index contributed by atoms with van der Waals surface area (Å²) in [6.07, 6.45) is 4.12. The van der Waals surface area contributed by atoms with Gasteiger partial charge in [-0.15, -0.1) is 0 Å². The quantitative estimate of drug-likeness (QED) is 0.752. The van der Waals surface area contributed by atoms with Crippen molar-refractivity contribution in [3.8, 4) is 11.3 Å². The van der Waals surface area contributed by atoms with Crippen molar-refractivity contribution in [1.82, 2.24) is 19.8 Å². The van der Waals surface area contributed by atoms with Crippen molar-refractivity contribution in [3.05, 3.63) is 39.1 Å². The molecule has 1 atom stereocenters. The molecule has 0 bridgehead atoms. The molecule has 0 spiro atoms. The minimum atomic E-state index is -0.252. The predicted octanol–water partition coefficient (Wildman–Crippen LogP) is 1.75. The van der Waals surface area contributed by atoms with Gasteiger partial charge in [0.1, 0.15) is 5.82 Å². The molecule has 160 valence electrons. The standard InChI is InChI=1S/C21H27N5O3S/c22-20(29)14-4-8-25(9-5-14)12-19(28)26-7-2-1-3-17(26)21-23-16(11-18(27)24-21)15-6-10-30-13-15/h6,10-11,13-14,17H,1-5,7-9,12H2,(H2,22,29)(H,23,24,27)/t17-/m0/s1. The van der Waals surface area contributed by atoms with Gasteiger partial charge in [0.05, 0.1) is 18.3 Å². The first kappa shape index (κ1) is 20.7. The molecule has 0 saturated carbocycles. The Hall–Kier alpha value is -2.52. The summed E-state index contributed by atoms with van der Waals surface area (Å²) in [6.45, 7) is 2.37. The third kappa shape index (κ3) is 4.62. The van der Waals surface area contributed by atoms with Crippen molar-refractivity contribution in [2.45, 2.75) is 38.1 Å². The van der Waals surface area contributed by atoms with E-state index in [-0.39, 0.29) is 29.3 Å². The third-order valence-corrected chi connectivity index (χ3v) is 6.75. The van der Waals surface area contributed by atoms with Gasteiger partial charge in [-0.05, 0) is 56.6 Å². The topological polar surface area (TPSA) is 112 Å². The zero-order chi connectivity index (χ0) is 21.1. The molecule has 3 N–H and O–H groups in total. The zero-order valence-corrected chi connectivity index (χ0v) is 17.7. The van der Waals surface area contributed by atoms with Crippen LogP contribution in [0.2, 0.25) is 0 Å². The molecule has 9 heteroatoms. The van der Waals surface area contributed by atoms with Crippen LogP contribution in [0.25, 0.3) is 11.3 Å². The van der Waals surface area contributed by atoms with Gasteiger partial charge >= 0.3 is 0 Å². The number of carbonyl (C=O) groups is 2. The number of aromatic amines is 1. The van der Waals surface area contributed by atoms with Gasteiger partial charge in [0.15, 0.2) is 0 Å². The summed E-state index contributed by atoms with van der Waals surface area (Å²) in [6, 6.07) is 3.22. The molecule has 8 nitrogen and oxygen atoms in total. The van der Waals surface area contributed by atoms with E-state index in [1.807, 2.05) is 21.7 Å². The largest absolute Gasteiger partial charge is 0.369 e. The Kier molecular flexibility index (Phi) is 6.29. The van der Waals surface area contributed by atoms with Gasteiger partial charge in [-0.2, -0.15) is 11.3 Å². The van der Waals surface area contributed by atoms with Crippen molar-refractivity contribution >= 4 is 23.2 Å². The molecular formula is C21H27N5O3S. The van der Waals surface area contributed by atoms with E-state index in [1.54, 1.807) is 11.3 Å². The maximum absolute atomic E-state index is 13.1. The summed E-state index contributed by atoms with van der Waals surface area (Å²) in [7, 11) is 0. The monoisotopic (exact) mass is 429 g/mol. The van der Waals surface area contributed by atoms with E-state index >= 15 is 0 Å². The lowest BCUT2D eigenvalue weighted by Crippen LogP contribution is -2.47. The minimum absolute atomic E-state index is 0.0424. The molecule has 2 fully saturated rings. The molecule has 2 aliphatic rings. The summed E-state index contributed by atoms with van der Waals surface area (Å²) in [4.78, 5) is 48.3. The minimum Gasteiger partial charge on any atom is -0.369 e. The summed E-state index contributed by atoms with van der Waals surface area (Å²) in [5, 5.41) is 3.92. The van der Waals surface area contributed by atoms with Gasteiger partial charge in [-0.25, -0.2) is 4.98 Å². The number of nitrogens with one attached hydrogen (secondary N) is 1. The second-order valence-electron chi connectivity index (χ2n) is 8.08. The number of piperidine rings is 2. The van der Waals surface area contributed by atoms with Crippen molar-refractivity contribution in [1.29, 1.82) is 0 Å². The molecule has 2 aromatic rings. The van der Waals surface area contributed by atoms with E-state index in [4.69, 9.17) is 10.7 Å². The maximum Gasteiger partial charge on any atom is 0.251 e. The van der Waals surface area contributed by atoms with Crippen molar-refractivity contribution in [2.75, 3.05) is 26.2 Å². The average Bonchev–Trinajstić information content (AvgIpc) is 3.29. The first-order chi connectivity index (χ1) is 14.5. The molecule has 0 aliphatic carbocycles. The van der Waals surface area contributed by atoms with Gasteiger partial charge in [-0.3, -0.25) is 19.3 Å². The van der Waals surface area contributed by atoms with E-state index in [0.29, 0.717) is 50.5 Å². The first-order valence-electron chi connectivity index (χ1n) is 10.5. The van der Waals surface area contributed by atoms with Gasteiger partial charge in [0.25, 0.3) is 5.56 Å². The molecular weight excluding hydrogens is 402 g/mol. The Balaban J connectivity index is 1.49. The first-order valence-corrected chi connectivity index (χ1v) is 11.4. The maximum atomic E-state index is 13.1. The number of carbonyl (C=O) groups excluding carboxylic acids is 2. The number of nitrogens with two attached hydrogens (primary N) is 1. The molecule has 0 unspecified atom stereocenters. The van der Waals surface area contributed by atoms with Crippen LogP contribution in [-0.2, 0) is 9.59 Å². The van der Waals surface area contributed by atoms with E-state index in [2.05, 4.69) is 9.88 Å². The van der Waals surface area contributed by atoms with Crippen LogP contribution in [0.1, 0.15) is 44.0 Å². The molecule has 2 saturated heterocycles. The number of thiophene rings is 1. The fourth-order valence-electron chi connectivity index (χ4n) is 4.36. The van der Waals surface area contributed by atoms with Crippen LogP contribution in [0.3, 0.4) is 0 Å². The molecule has 0 aromatic carbocycles. The molecule has 30 heavy (non-hydrogen) atoms. The Morgan fingerprint density at radius 1 is 1.20 bits per heavy atom. The van der Waals surface area contributed by atoms with E-state index in [1.165, 1.54) is 6.07 Å². The third-order valence-electron chi connectivity index (χ3n) is 6.06. The Bertz CT molecular complexity index is 950. The number of amides is 2. The number of likely N-dealkylation sites (tertiary alicyclic amines) is 2. The van der Waals surface area contributed by atoms with Crippen LogP contribution in [0.5, 0.6) is 0 Å². The number of rotatable bonds is 5. The Morgan fingerprint density at radius 3 is 2.70 bits per heavy atom. The zero-order valence-electron chi connectivity index (χ0n) is 16.9. The second kappa shape index (κ2) is 9.09.